The van der Waals surface area contributed by atoms with E-state index in [-0.39, 0.29) is 12.4 Å². The van der Waals surface area contributed by atoms with Gasteiger partial charge in [-0.15, -0.1) is 0 Å². The third-order valence-corrected chi connectivity index (χ3v) is 6.63. The summed E-state index contributed by atoms with van der Waals surface area (Å²) in [5.41, 5.74) is 5.98. The lowest BCUT2D eigenvalue weighted by atomic mass is 9.86. The minimum Gasteiger partial charge on any atom is -0.872 e. The average Bonchev–Trinajstić information content (AvgIpc) is 2.81. The van der Waals surface area contributed by atoms with Crippen LogP contribution in [0.2, 0.25) is 0 Å². The molecule has 1 aliphatic rings. The fourth-order valence-electron chi connectivity index (χ4n) is 4.76. The zero-order valence-electron chi connectivity index (χ0n) is 20.7. The second-order valence-corrected chi connectivity index (χ2v) is 9.29. The van der Waals surface area contributed by atoms with Crippen molar-refractivity contribution in [2.75, 3.05) is 6.61 Å². The van der Waals surface area contributed by atoms with Gasteiger partial charge in [0.1, 0.15) is 23.9 Å². The molecule has 0 aliphatic carbocycles. The number of rotatable bonds is 6. The highest BCUT2D eigenvalue weighted by Crippen LogP contribution is 2.50. The van der Waals surface area contributed by atoms with E-state index in [9.17, 15) is 10.2 Å². The van der Waals surface area contributed by atoms with Crippen molar-refractivity contribution in [2.24, 2.45) is 0 Å². The fraction of sp³-hybridized carbons (Fsp3) is 0.333. The maximum Gasteiger partial charge on any atom is 0.141 e. The highest BCUT2D eigenvalue weighted by atomic mass is 16.5. The van der Waals surface area contributed by atoms with Crippen LogP contribution in [0.25, 0.3) is 12.2 Å². The van der Waals surface area contributed by atoms with E-state index in [2.05, 4.69) is 25.6 Å². The Morgan fingerprint density at radius 2 is 1.65 bits per heavy atom. The van der Waals surface area contributed by atoms with Crippen molar-refractivity contribution in [1.82, 2.24) is 0 Å². The van der Waals surface area contributed by atoms with Gasteiger partial charge < -0.3 is 19.7 Å². The molecule has 0 fully saturated rings. The number of aryl methyl sites for hydroxylation is 2. The normalized spacial score (nSPS) is 14.8. The number of fused-ring (bicyclic) bond motifs is 2. The van der Waals surface area contributed by atoms with E-state index in [1.165, 1.54) is 0 Å². The highest BCUT2D eigenvalue weighted by molar-refractivity contribution is 5.90. The second-order valence-electron chi connectivity index (χ2n) is 9.29. The van der Waals surface area contributed by atoms with Crippen molar-refractivity contribution < 1.29 is 19.7 Å². The number of hydrogen-bond donors (Lipinski definition) is 1. The van der Waals surface area contributed by atoms with Gasteiger partial charge in [0.15, 0.2) is 0 Å². The quantitative estimate of drug-likeness (QED) is 0.456. The molecule has 4 nitrogen and oxygen atoms in total. The summed E-state index contributed by atoms with van der Waals surface area (Å²) < 4.78 is 12.6. The molecule has 0 spiro atoms. The Morgan fingerprint density at radius 3 is 2.32 bits per heavy atom. The Kier molecular flexibility index (Phi) is 6.72. The van der Waals surface area contributed by atoms with E-state index in [0.717, 1.165) is 51.1 Å². The molecule has 178 valence electrons. The fourth-order valence-corrected chi connectivity index (χ4v) is 4.76. The van der Waals surface area contributed by atoms with Crippen molar-refractivity contribution in [3.63, 3.8) is 0 Å². The van der Waals surface area contributed by atoms with Gasteiger partial charge in [0.2, 0.25) is 0 Å². The molecule has 3 aromatic carbocycles. The predicted molar refractivity (Wildman–Crippen MR) is 135 cm³/mol. The standard InChI is InChI=1S/C30H34O4/c1-7-8-12-22(31)16-33-28-19(4)15-25-26(23-13-10-9-11-17(23)2)24-14-18(3)27(32)20(5)29(24)34-30(25)21(28)6/h9-11,13-15,22,31-32H,2,7-8,12,16H2,1,3-6H3/p-1. The van der Waals surface area contributed by atoms with Crippen LogP contribution in [0.3, 0.4) is 0 Å². The van der Waals surface area contributed by atoms with E-state index >= 15 is 0 Å². The molecule has 0 saturated heterocycles. The van der Waals surface area contributed by atoms with Crippen LogP contribution >= 0.6 is 0 Å². The lowest BCUT2D eigenvalue weighted by Gasteiger charge is -2.30. The summed E-state index contributed by atoms with van der Waals surface area (Å²) in [5, 5.41) is 25.0. The summed E-state index contributed by atoms with van der Waals surface area (Å²) in [5.74, 6) is 1.97. The minimum atomic E-state index is -0.509. The molecule has 0 amide bonds. The number of aliphatic hydroxyl groups is 1. The van der Waals surface area contributed by atoms with Gasteiger partial charge in [-0.3, -0.25) is 0 Å². The van der Waals surface area contributed by atoms with Gasteiger partial charge in [0.05, 0.1) is 6.10 Å². The average molecular weight is 458 g/mol. The smallest absolute Gasteiger partial charge is 0.141 e. The Labute approximate surface area is 201 Å². The van der Waals surface area contributed by atoms with Crippen LogP contribution in [0.5, 0.6) is 23.0 Å². The third kappa shape index (κ3) is 4.19. The lowest BCUT2D eigenvalue weighted by Crippen LogP contribution is -2.27. The van der Waals surface area contributed by atoms with Crippen LogP contribution < -0.4 is 25.0 Å². The first-order valence-electron chi connectivity index (χ1n) is 12.0. The number of unbranched alkanes of at least 4 members (excludes halogenated alkanes) is 1. The number of aliphatic hydroxyl groups excluding tert-OH is 1. The van der Waals surface area contributed by atoms with E-state index in [1.54, 1.807) is 0 Å². The van der Waals surface area contributed by atoms with Crippen LogP contribution in [-0.4, -0.2) is 17.8 Å². The van der Waals surface area contributed by atoms with Crippen molar-refractivity contribution in [3.05, 3.63) is 80.2 Å². The summed E-state index contributed by atoms with van der Waals surface area (Å²) in [6.07, 6.45) is 2.21. The molecule has 1 aliphatic heterocycles. The predicted octanol–water partition coefficient (Wildman–Crippen LogP) is 4.69. The molecule has 4 rings (SSSR count). The molecule has 1 atom stereocenters. The second kappa shape index (κ2) is 9.55. The van der Waals surface area contributed by atoms with Gasteiger partial charge in [-0.1, -0.05) is 61.9 Å². The van der Waals surface area contributed by atoms with Gasteiger partial charge in [0, 0.05) is 22.3 Å². The molecule has 0 bridgehead atoms. The summed E-state index contributed by atoms with van der Waals surface area (Å²) in [6.45, 7) is 14.3. The van der Waals surface area contributed by atoms with Crippen molar-refractivity contribution >= 4 is 12.2 Å². The third-order valence-electron chi connectivity index (χ3n) is 6.63. The molecule has 3 aromatic rings. The van der Waals surface area contributed by atoms with Crippen LogP contribution in [0.15, 0.2) is 36.4 Å². The van der Waals surface area contributed by atoms with Crippen LogP contribution in [-0.2, 0) is 0 Å². The zero-order chi connectivity index (χ0) is 24.6. The Hall–Kier alpha value is -3.24. The van der Waals surface area contributed by atoms with Crippen LogP contribution in [0.4, 0.5) is 0 Å². The van der Waals surface area contributed by atoms with E-state index < -0.39 is 6.10 Å². The minimum absolute atomic E-state index is 0.00950. The molecule has 1 N–H and O–H groups in total. The molecule has 4 heteroatoms. The first kappa shape index (κ1) is 23.9. The SMILES string of the molecule is C=c1ccccc1=C1c2cc(C)c([O-])c(C)c2Oc2c1cc(C)c(OCC(O)CCCC)c2C. The molecular formula is C30H33O4-. The Bertz CT molecular complexity index is 1350. The topological polar surface area (TPSA) is 61.8 Å². The summed E-state index contributed by atoms with van der Waals surface area (Å²) in [6, 6.07) is 12.0. The molecule has 0 radical (unpaired) electrons. The van der Waals surface area contributed by atoms with E-state index in [1.807, 2.05) is 52.0 Å². The summed E-state index contributed by atoms with van der Waals surface area (Å²) in [4.78, 5) is 0. The molecular weight excluding hydrogens is 424 g/mol. The van der Waals surface area contributed by atoms with Crippen molar-refractivity contribution in [1.29, 1.82) is 0 Å². The van der Waals surface area contributed by atoms with E-state index in [4.69, 9.17) is 9.47 Å². The Morgan fingerprint density at radius 1 is 1.00 bits per heavy atom. The molecule has 1 unspecified atom stereocenters. The molecule has 34 heavy (non-hydrogen) atoms. The van der Waals surface area contributed by atoms with Crippen molar-refractivity contribution in [3.8, 4) is 23.0 Å². The number of hydrogen-bond acceptors (Lipinski definition) is 4. The first-order valence-corrected chi connectivity index (χ1v) is 12.0. The van der Waals surface area contributed by atoms with E-state index in [0.29, 0.717) is 34.8 Å². The zero-order valence-corrected chi connectivity index (χ0v) is 20.7. The van der Waals surface area contributed by atoms with Crippen molar-refractivity contribution in [2.45, 2.75) is 60.0 Å². The maximum absolute atomic E-state index is 12.8. The van der Waals surface area contributed by atoms with Crippen LogP contribution in [0.1, 0.15) is 59.6 Å². The van der Waals surface area contributed by atoms with Crippen LogP contribution in [0, 0.1) is 27.7 Å². The highest BCUT2D eigenvalue weighted by Gasteiger charge is 2.29. The van der Waals surface area contributed by atoms with Gasteiger partial charge in [-0.05, 0) is 67.8 Å². The first-order chi connectivity index (χ1) is 16.2. The summed E-state index contributed by atoms with van der Waals surface area (Å²) in [7, 11) is 0. The van der Waals surface area contributed by atoms with Gasteiger partial charge in [-0.2, -0.15) is 0 Å². The molecule has 0 aromatic heterocycles. The molecule has 0 saturated carbocycles. The molecule has 1 heterocycles. The summed E-state index contributed by atoms with van der Waals surface area (Å²) >= 11 is 0. The maximum atomic E-state index is 12.8. The monoisotopic (exact) mass is 457 g/mol. The number of ether oxygens (including phenoxy) is 2. The number of benzene rings is 3. The van der Waals surface area contributed by atoms with Gasteiger partial charge in [0.25, 0.3) is 0 Å². The van der Waals surface area contributed by atoms with Gasteiger partial charge in [-0.25, -0.2) is 0 Å². The lowest BCUT2D eigenvalue weighted by molar-refractivity contribution is -0.270. The van der Waals surface area contributed by atoms with Gasteiger partial charge >= 0.3 is 0 Å². The largest absolute Gasteiger partial charge is 0.872 e. The Balaban J connectivity index is 1.94.